The molecule has 102 valence electrons. The summed E-state index contributed by atoms with van der Waals surface area (Å²) in [7, 11) is 0. The van der Waals surface area contributed by atoms with E-state index in [9.17, 15) is 0 Å². The zero-order valence-electron chi connectivity index (χ0n) is 12.7. The number of hydrogen-bond donors (Lipinski definition) is 0. The van der Waals surface area contributed by atoms with E-state index in [1.54, 1.807) is 0 Å². The van der Waals surface area contributed by atoms with Gasteiger partial charge in [0.2, 0.25) is 0 Å². The van der Waals surface area contributed by atoms with E-state index in [0.29, 0.717) is 11.1 Å². The Morgan fingerprint density at radius 1 is 1.11 bits per heavy atom. The second kappa shape index (κ2) is 7.34. The van der Waals surface area contributed by atoms with Gasteiger partial charge < -0.3 is 0 Å². The van der Waals surface area contributed by atoms with E-state index >= 15 is 0 Å². The first-order valence-electron chi connectivity index (χ1n) is 6.91. The topological polar surface area (TPSA) is 3.24 Å². The zero-order valence-corrected chi connectivity index (χ0v) is 17.2. The Labute approximate surface area is 135 Å². The third-order valence-electron chi connectivity index (χ3n) is 4.17. The van der Waals surface area contributed by atoms with E-state index in [2.05, 4.69) is 64.4 Å². The molecule has 1 aliphatic rings. The molecule has 0 N–H and O–H groups in total. The van der Waals surface area contributed by atoms with Crippen molar-refractivity contribution in [3.63, 3.8) is 0 Å². The quantitative estimate of drug-likeness (QED) is 0.526. The molecule has 0 atom stereocenters. The number of benzene rings is 1. The summed E-state index contributed by atoms with van der Waals surface area (Å²) in [4.78, 5) is 2.67. The van der Waals surface area contributed by atoms with Gasteiger partial charge in [-0.1, -0.05) is 0 Å². The molecule has 3 heteroatoms. The number of hydrogen-bond acceptors (Lipinski definition) is 1. The van der Waals surface area contributed by atoms with Crippen molar-refractivity contribution in [1.29, 1.82) is 0 Å². The standard InChI is InChI=1S/C16H24N.BrH.Zn/c1-15(2)11-8-12-16(3,4)17(15)13-14-9-6-5-7-10-14;;/h6-7,9-10H,8,11-13H2,1-4H3;1H;/q-1;;+2/p-1. The molecule has 1 aliphatic heterocycles. The molecule has 0 amide bonds. The fraction of sp³-hybridized carbons (Fsp3) is 0.625. The van der Waals surface area contributed by atoms with Crippen LogP contribution in [-0.2, 0) is 22.9 Å². The zero-order chi connectivity index (χ0) is 14.5. The number of piperidine rings is 1. The average Bonchev–Trinajstić information content (AvgIpc) is 2.37. The minimum absolute atomic E-state index is 0.307. The second-order valence-corrected chi connectivity index (χ2v) is 6.47. The predicted octanol–water partition coefficient (Wildman–Crippen LogP) is 4.87. The Balaban J connectivity index is 0.000000861. The van der Waals surface area contributed by atoms with E-state index in [1.807, 2.05) is 12.1 Å². The second-order valence-electron chi connectivity index (χ2n) is 6.47. The first-order chi connectivity index (χ1) is 8.92. The van der Waals surface area contributed by atoms with Gasteiger partial charge in [0.05, 0.1) is 0 Å². The summed E-state index contributed by atoms with van der Waals surface area (Å²) < 4.78 is 0. The molecule has 1 aromatic rings. The Morgan fingerprint density at radius 2 is 1.58 bits per heavy atom. The SMILES string of the molecule is CC1(C)CCCC(C)(C)N1Cc1cc[c-]cc1.[Zn+][Br]. The van der Waals surface area contributed by atoms with Gasteiger partial charge in [-0.25, -0.2) is 0 Å². The number of halogens is 1. The van der Waals surface area contributed by atoms with Gasteiger partial charge >= 0.3 is 30.0 Å². The number of likely N-dealkylation sites (tertiary alicyclic amines) is 1. The molecule has 1 aromatic carbocycles. The van der Waals surface area contributed by atoms with Crippen LogP contribution in [0.15, 0.2) is 24.3 Å². The van der Waals surface area contributed by atoms with Gasteiger partial charge in [0.1, 0.15) is 0 Å². The third kappa shape index (κ3) is 4.65. The van der Waals surface area contributed by atoms with Crippen LogP contribution in [0, 0.1) is 6.07 Å². The van der Waals surface area contributed by atoms with Gasteiger partial charge in [-0.2, -0.15) is 30.3 Å². The van der Waals surface area contributed by atoms with Crippen LogP contribution in [0.25, 0.3) is 0 Å². The van der Waals surface area contributed by atoms with Crippen LogP contribution < -0.4 is 0 Å². The van der Waals surface area contributed by atoms with E-state index in [-0.39, 0.29) is 0 Å². The normalized spacial score (nSPS) is 21.4. The molecule has 1 fully saturated rings. The Hall–Kier alpha value is 0.283. The van der Waals surface area contributed by atoms with Crippen LogP contribution in [0.3, 0.4) is 0 Å². The van der Waals surface area contributed by atoms with Gasteiger partial charge in [0, 0.05) is 17.6 Å². The summed E-state index contributed by atoms with van der Waals surface area (Å²) in [5, 5.41) is 0. The molecular formula is C16H24BrNZn. The first kappa shape index (κ1) is 17.3. The molecule has 0 unspecified atom stereocenters. The Bertz CT molecular complexity index is 360. The van der Waals surface area contributed by atoms with E-state index in [4.69, 9.17) is 0 Å². The number of rotatable bonds is 2. The fourth-order valence-corrected chi connectivity index (χ4v) is 3.18. The summed E-state index contributed by atoms with van der Waals surface area (Å²) in [5.41, 5.74) is 2.01. The molecule has 0 radical (unpaired) electrons. The summed E-state index contributed by atoms with van der Waals surface area (Å²) in [5.74, 6) is 0. The van der Waals surface area contributed by atoms with Crippen LogP contribution in [0.5, 0.6) is 0 Å². The third-order valence-corrected chi connectivity index (χ3v) is 4.17. The van der Waals surface area contributed by atoms with Gasteiger partial charge in [-0.15, -0.1) is 5.56 Å². The van der Waals surface area contributed by atoms with Gasteiger partial charge in [0.15, 0.2) is 0 Å². The van der Waals surface area contributed by atoms with Crippen molar-refractivity contribution in [3.8, 4) is 0 Å². The van der Waals surface area contributed by atoms with Crippen LogP contribution in [0.4, 0.5) is 0 Å². The van der Waals surface area contributed by atoms with Crippen LogP contribution >= 0.6 is 13.6 Å². The average molecular weight is 376 g/mol. The van der Waals surface area contributed by atoms with Crippen molar-refractivity contribution >= 4 is 13.6 Å². The number of nitrogens with zero attached hydrogens (tertiary/aromatic N) is 1. The maximum atomic E-state index is 3.09. The Kier molecular flexibility index (Phi) is 6.69. The van der Waals surface area contributed by atoms with Gasteiger partial charge in [-0.05, 0) is 47.0 Å². The summed E-state index contributed by atoms with van der Waals surface area (Å²) in [6, 6.07) is 11.5. The maximum absolute atomic E-state index is 3.09. The fourth-order valence-electron chi connectivity index (χ4n) is 3.18. The molecule has 0 bridgehead atoms. The molecule has 0 aliphatic carbocycles. The summed E-state index contributed by atoms with van der Waals surface area (Å²) >= 11 is 4.25. The molecular weight excluding hydrogens is 351 g/mol. The minimum atomic E-state index is 0.307. The molecule has 1 saturated heterocycles. The summed E-state index contributed by atoms with van der Waals surface area (Å²) in [6.45, 7) is 10.6. The molecule has 0 spiro atoms. The van der Waals surface area contributed by atoms with Gasteiger partial charge in [0.25, 0.3) is 0 Å². The molecule has 19 heavy (non-hydrogen) atoms. The van der Waals surface area contributed by atoms with Crippen molar-refractivity contribution < 1.29 is 16.3 Å². The first-order valence-corrected chi connectivity index (χ1v) is 13.9. The van der Waals surface area contributed by atoms with Crippen LogP contribution in [-0.4, -0.2) is 16.0 Å². The summed E-state index contributed by atoms with van der Waals surface area (Å²) in [6.07, 6.45) is 3.95. The monoisotopic (exact) mass is 373 g/mol. The molecule has 0 saturated carbocycles. The van der Waals surface area contributed by atoms with E-state index < -0.39 is 0 Å². The predicted molar refractivity (Wildman–Crippen MR) is 81.8 cm³/mol. The van der Waals surface area contributed by atoms with Crippen LogP contribution in [0.2, 0.25) is 0 Å². The Morgan fingerprint density at radius 3 is 2.05 bits per heavy atom. The van der Waals surface area contributed by atoms with Crippen LogP contribution in [0.1, 0.15) is 52.5 Å². The van der Waals surface area contributed by atoms with Gasteiger partial charge in [-0.3, -0.25) is 4.90 Å². The van der Waals surface area contributed by atoms with Crippen molar-refractivity contribution in [3.05, 3.63) is 35.9 Å². The van der Waals surface area contributed by atoms with Crippen molar-refractivity contribution in [2.24, 2.45) is 0 Å². The van der Waals surface area contributed by atoms with Crippen molar-refractivity contribution in [2.75, 3.05) is 0 Å². The molecule has 1 heterocycles. The van der Waals surface area contributed by atoms with E-state index in [0.717, 1.165) is 6.54 Å². The molecule has 0 aromatic heterocycles. The molecule has 1 nitrogen and oxygen atoms in total. The van der Waals surface area contributed by atoms with Crippen molar-refractivity contribution in [1.82, 2.24) is 4.90 Å². The van der Waals surface area contributed by atoms with E-state index in [1.165, 1.54) is 41.2 Å². The molecule has 2 rings (SSSR count). The van der Waals surface area contributed by atoms with Crippen molar-refractivity contribution in [2.45, 2.75) is 64.6 Å².